The van der Waals surface area contributed by atoms with Gasteiger partial charge in [0.15, 0.2) is 0 Å². The zero-order chi connectivity index (χ0) is 21.5. The van der Waals surface area contributed by atoms with Crippen LogP contribution in [0.25, 0.3) is 11.3 Å². The Balaban J connectivity index is 1.54. The molecule has 1 aliphatic rings. The van der Waals surface area contributed by atoms with Crippen molar-refractivity contribution in [2.45, 2.75) is 18.7 Å². The molecule has 0 bridgehead atoms. The van der Waals surface area contributed by atoms with Crippen molar-refractivity contribution >= 4 is 27.3 Å². The SMILES string of the molecule is Cc1scc(C(=O)N2CCN(S(=O)(=O)c3cn(C)nc3-c3cccnc3)CC2)c1C. The van der Waals surface area contributed by atoms with Crippen LogP contribution in [0, 0.1) is 13.8 Å². The van der Waals surface area contributed by atoms with Crippen molar-refractivity contribution in [2.24, 2.45) is 7.05 Å². The molecule has 0 atom stereocenters. The van der Waals surface area contributed by atoms with Gasteiger partial charge < -0.3 is 4.90 Å². The minimum atomic E-state index is -3.75. The summed E-state index contributed by atoms with van der Waals surface area (Å²) in [6.45, 7) is 5.15. The lowest BCUT2D eigenvalue weighted by Gasteiger charge is -2.34. The molecule has 1 amide bonds. The number of amides is 1. The third-order valence-corrected chi connectivity index (χ3v) is 8.30. The van der Waals surface area contributed by atoms with E-state index in [-0.39, 0.29) is 23.9 Å². The molecule has 158 valence electrons. The quantitative estimate of drug-likeness (QED) is 0.615. The molecule has 1 aliphatic heterocycles. The van der Waals surface area contributed by atoms with Crippen LogP contribution in [-0.2, 0) is 17.1 Å². The zero-order valence-electron chi connectivity index (χ0n) is 17.1. The molecule has 10 heteroatoms. The van der Waals surface area contributed by atoms with Gasteiger partial charge in [-0.1, -0.05) is 0 Å². The van der Waals surface area contributed by atoms with E-state index in [1.807, 2.05) is 19.2 Å². The van der Waals surface area contributed by atoms with Crippen LogP contribution in [0.15, 0.2) is 41.0 Å². The molecule has 3 aromatic heterocycles. The minimum Gasteiger partial charge on any atom is -0.336 e. The van der Waals surface area contributed by atoms with E-state index >= 15 is 0 Å². The van der Waals surface area contributed by atoms with Crippen molar-refractivity contribution in [1.29, 1.82) is 0 Å². The van der Waals surface area contributed by atoms with Crippen molar-refractivity contribution in [3.8, 4) is 11.3 Å². The first kappa shape index (κ1) is 20.7. The second-order valence-electron chi connectivity index (χ2n) is 7.28. The molecule has 0 aliphatic carbocycles. The molecule has 3 aromatic rings. The molecule has 8 nitrogen and oxygen atoms in total. The summed E-state index contributed by atoms with van der Waals surface area (Å²) < 4.78 is 29.6. The van der Waals surface area contributed by atoms with Crippen LogP contribution in [-0.4, -0.2) is 64.5 Å². The fraction of sp³-hybridized carbons (Fsp3) is 0.350. The smallest absolute Gasteiger partial charge is 0.255 e. The first-order valence-electron chi connectivity index (χ1n) is 9.57. The van der Waals surface area contributed by atoms with E-state index in [2.05, 4.69) is 10.1 Å². The van der Waals surface area contributed by atoms with Gasteiger partial charge in [-0.15, -0.1) is 11.3 Å². The normalized spacial score (nSPS) is 15.5. The summed E-state index contributed by atoms with van der Waals surface area (Å²) in [5.41, 5.74) is 2.73. The van der Waals surface area contributed by atoms with E-state index in [1.54, 1.807) is 47.8 Å². The molecule has 0 spiro atoms. The summed E-state index contributed by atoms with van der Waals surface area (Å²) in [5.74, 6) is -0.0358. The highest BCUT2D eigenvalue weighted by molar-refractivity contribution is 7.89. The summed E-state index contributed by atoms with van der Waals surface area (Å²) >= 11 is 1.56. The van der Waals surface area contributed by atoms with Gasteiger partial charge in [0.2, 0.25) is 10.0 Å². The van der Waals surface area contributed by atoms with Gasteiger partial charge in [0.25, 0.3) is 5.91 Å². The highest BCUT2D eigenvalue weighted by atomic mass is 32.2. The maximum absolute atomic E-state index is 13.3. The maximum Gasteiger partial charge on any atom is 0.255 e. The van der Waals surface area contributed by atoms with Gasteiger partial charge in [-0.3, -0.25) is 14.5 Å². The molecule has 0 unspecified atom stereocenters. The van der Waals surface area contributed by atoms with Crippen LogP contribution in [0.4, 0.5) is 0 Å². The first-order valence-corrected chi connectivity index (χ1v) is 11.9. The van der Waals surface area contributed by atoms with Crippen LogP contribution in [0.5, 0.6) is 0 Å². The second kappa shape index (κ2) is 7.93. The van der Waals surface area contributed by atoms with E-state index in [0.717, 1.165) is 10.4 Å². The molecule has 0 aromatic carbocycles. The van der Waals surface area contributed by atoms with Crippen molar-refractivity contribution in [3.63, 3.8) is 0 Å². The monoisotopic (exact) mass is 445 g/mol. The molecule has 1 fully saturated rings. The number of pyridine rings is 1. The van der Waals surface area contributed by atoms with E-state index in [9.17, 15) is 13.2 Å². The predicted molar refractivity (Wildman–Crippen MR) is 115 cm³/mol. The van der Waals surface area contributed by atoms with Crippen LogP contribution < -0.4 is 0 Å². The molecule has 0 saturated carbocycles. The number of carbonyl (C=O) groups excluding carboxylic acids is 1. The minimum absolute atomic E-state index is 0.0358. The fourth-order valence-electron chi connectivity index (χ4n) is 3.52. The van der Waals surface area contributed by atoms with Crippen molar-refractivity contribution in [1.82, 2.24) is 24.0 Å². The molecule has 1 saturated heterocycles. The molecule has 0 radical (unpaired) electrons. The van der Waals surface area contributed by atoms with E-state index in [0.29, 0.717) is 29.9 Å². The number of rotatable bonds is 4. The van der Waals surface area contributed by atoms with Crippen LogP contribution >= 0.6 is 11.3 Å². The standard InChI is InChI=1S/C20H23N5O3S2/c1-14-15(2)29-13-17(14)20(26)24-7-9-25(10-8-24)30(27,28)18-12-23(3)22-19(18)16-5-4-6-21-11-16/h4-6,11-13H,7-10H2,1-3H3. The Labute approximate surface area is 179 Å². The first-order chi connectivity index (χ1) is 14.3. The lowest BCUT2D eigenvalue weighted by Crippen LogP contribution is -2.50. The lowest BCUT2D eigenvalue weighted by atomic mass is 10.1. The van der Waals surface area contributed by atoms with Gasteiger partial charge in [-0.25, -0.2) is 8.42 Å². The van der Waals surface area contributed by atoms with Crippen molar-refractivity contribution in [3.05, 3.63) is 52.1 Å². The topological polar surface area (TPSA) is 88.4 Å². The Hall–Kier alpha value is -2.56. The molecular formula is C20H23N5O3S2. The van der Waals surface area contributed by atoms with Gasteiger partial charge >= 0.3 is 0 Å². The summed E-state index contributed by atoms with van der Waals surface area (Å²) in [6, 6.07) is 3.54. The number of hydrogen-bond acceptors (Lipinski definition) is 6. The summed E-state index contributed by atoms with van der Waals surface area (Å²) in [7, 11) is -2.06. The fourth-order valence-corrected chi connectivity index (χ4v) is 5.99. The van der Waals surface area contributed by atoms with Gasteiger partial charge in [-0.2, -0.15) is 9.40 Å². The van der Waals surface area contributed by atoms with Crippen LogP contribution in [0.3, 0.4) is 0 Å². The van der Waals surface area contributed by atoms with Crippen molar-refractivity contribution in [2.75, 3.05) is 26.2 Å². The predicted octanol–water partition coefficient (Wildman–Crippen LogP) is 2.31. The number of aryl methyl sites for hydroxylation is 2. The van der Waals surface area contributed by atoms with E-state index in [4.69, 9.17) is 0 Å². The summed E-state index contributed by atoms with van der Waals surface area (Å²) in [6.07, 6.45) is 4.75. The summed E-state index contributed by atoms with van der Waals surface area (Å²) in [4.78, 5) is 19.9. The largest absolute Gasteiger partial charge is 0.336 e. The Morgan fingerprint density at radius 1 is 1.17 bits per heavy atom. The molecule has 4 rings (SSSR count). The van der Waals surface area contributed by atoms with Gasteiger partial charge in [0.1, 0.15) is 10.6 Å². The number of piperazine rings is 1. The molecular weight excluding hydrogens is 422 g/mol. The van der Waals surface area contributed by atoms with Crippen LogP contribution in [0.1, 0.15) is 20.8 Å². The summed E-state index contributed by atoms with van der Waals surface area (Å²) in [5, 5.41) is 6.23. The molecule has 30 heavy (non-hydrogen) atoms. The average molecular weight is 446 g/mol. The number of hydrogen-bond donors (Lipinski definition) is 0. The highest BCUT2D eigenvalue weighted by Crippen LogP contribution is 2.29. The Kier molecular flexibility index (Phi) is 5.48. The maximum atomic E-state index is 13.3. The molecule has 0 N–H and O–H groups in total. The number of aromatic nitrogens is 3. The van der Waals surface area contributed by atoms with Gasteiger partial charge in [-0.05, 0) is 31.5 Å². The number of sulfonamides is 1. The number of carbonyl (C=O) groups is 1. The third kappa shape index (κ3) is 3.66. The van der Waals surface area contributed by atoms with E-state index < -0.39 is 10.0 Å². The number of nitrogens with zero attached hydrogens (tertiary/aromatic N) is 5. The zero-order valence-corrected chi connectivity index (χ0v) is 18.7. The van der Waals surface area contributed by atoms with Gasteiger partial charge in [0.05, 0.1) is 5.56 Å². The third-order valence-electron chi connectivity index (χ3n) is 5.39. The van der Waals surface area contributed by atoms with Crippen molar-refractivity contribution < 1.29 is 13.2 Å². The lowest BCUT2D eigenvalue weighted by molar-refractivity contribution is 0.0697. The Bertz CT molecular complexity index is 1180. The average Bonchev–Trinajstić information content (AvgIpc) is 3.31. The van der Waals surface area contributed by atoms with Gasteiger partial charge in [0, 0.05) is 67.6 Å². The van der Waals surface area contributed by atoms with Crippen LogP contribution in [0.2, 0.25) is 0 Å². The highest BCUT2D eigenvalue weighted by Gasteiger charge is 2.34. The number of thiophene rings is 1. The molecule has 4 heterocycles. The second-order valence-corrected chi connectivity index (χ2v) is 10.3. The Morgan fingerprint density at radius 2 is 1.90 bits per heavy atom. The van der Waals surface area contributed by atoms with E-state index in [1.165, 1.54) is 15.2 Å². The Morgan fingerprint density at radius 3 is 2.50 bits per heavy atom.